The normalized spacial score (nSPS) is 43.1. The van der Waals surface area contributed by atoms with Crippen LogP contribution in [0.3, 0.4) is 0 Å². The third kappa shape index (κ3) is 1.87. The van der Waals surface area contributed by atoms with Crippen molar-refractivity contribution in [2.24, 2.45) is 5.41 Å². The predicted molar refractivity (Wildman–Crippen MR) is 69.9 cm³/mol. The molecule has 2 bridgehead atoms. The summed E-state index contributed by atoms with van der Waals surface area (Å²) in [6.45, 7) is 0. The van der Waals surface area contributed by atoms with Crippen LogP contribution in [0.15, 0.2) is 0 Å². The molecular formula is C15H24N2O. The van der Waals surface area contributed by atoms with E-state index in [0.29, 0.717) is 12.1 Å². The van der Waals surface area contributed by atoms with Crippen LogP contribution in [0.4, 0.5) is 0 Å². The topological polar surface area (TPSA) is 56.0 Å². The first-order valence-electron chi connectivity index (χ1n) is 7.57. The summed E-state index contributed by atoms with van der Waals surface area (Å²) < 4.78 is 0. The second-order valence-electron chi connectivity index (χ2n) is 6.69. The summed E-state index contributed by atoms with van der Waals surface area (Å²) >= 11 is 0. The molecule has 0 spiro atoms. The maximum atomic E-state index is 11.2. The van der Waals surface area contributed by atoms with E-state index in [1.807, 2.05) is 0 Å². The van der Waals surface area contributed by atoms with Gasteiger partial charge >= 0.3 is 0 Å². The largest absolute Gasteiger partial charge is 0.388 e. The van der Waals surface area contributed by atoms with Gasteiger partial charge in [0.25, 0.3) is 0 Å². The highest BCUT2D eigenvalue weighted by Crippen LogP contribution is 2.51. The summed E-state index contributed by atoms with van der Waals surface area (Å²) in [5.41, 5.74) is -1.20. The third-order valence-electron chi connectivity index (χ3n) is 5.57. The molecule has 3 fully saturated rings. The monoisotopic (exact) mass is 248 g/mol. The Balaban J connectivity index is 1.87. The van der Waals surface area contributed by atoms with Crippen molar-refractivity contribution in [2.75, 3.05) is 0 Å². The number of nitrogens with zero attached hydrogens (tertiary/aromatic N) is 1. The third-order valence-corrected chi connectivity index (χ3v) is 5.57. The lowest BCUT2D eigenvalue weighted by Gasteiger charge is -2.47. The standard InChI is InChI=1S/C15H24N2O/c16-11-14(7-3-1-2-4-8-14)15(18)9-12-5-6-13(10-15)17-12/h12-13,17-18H,1-10H2. The molecule has 3 heteroatoms. The van der Waals surface area contributed by atoms with Crippen molar-refractivity contribution in [3.05, 3.63) is 0 Å². The van der Waals surface area contributed by atoms with E-state index in [4.69, 9.17) is 0 Å². The fraction of sp³-hybridized carbons (Fsp3) is 0.933. The summed E-state index contributed by atoms with van der Waals surface area (Å²) in [5, 5.41) is 24.5. The molecule has 0 aromatic heterocycles. The number of nitrogens with one attached hydrogen (secondary N) is 1. The van der Waals surface area contributed by atoms with Crippen LogP contribution < -0.4 is 5.32 Å². The molecule has 2 aliphatic heterocycles. The van der Waals surface area contributed by atoms with Crippen molar-refractivity contribution >= 4 is 0 Å². The Bertz CT molecular complexity index is 340. The highest BCUT2D eigenvalue weighted by Gasteiger charge is 2.55. The minimum Gasteiger partial charge on any atom is -0.388 e. The summed E-state index contributed by atoms with van der Waals surface area (Å²) in [5.74, 6) is 0. The van der Waals surface area contributed by atoms with Gasteiger partial charge in [0.15, 0.2) is 0 Å². The molecule has 1 saturated carbocycles. The van der Waals surface area contributed by atoms with Gasteiger partial charge < -0.3 is 10.4 Å². The fourth-order valence-electron chi connectivity index (χ4n) is 4.53. The van der Waals surface area contributed by atoms with Gasteiger partial charge in [-0.25, -0.2) is 0 Å². The van der Waals surface area contributed by atoms with Crippen molar-refractivity contribution in [3.63, 3.8) is 0 Å². The lowest BCUT2D eigenvalue weighted by atomic mass is 9.63. The molecule has 2 saturated heterocycles. The van der Waals surface area contributed by atoms with Crippen LogP contribution in [0.2, 0.25) is 0 Å². The van der Waals surface area contributed by atoms with E-state index in [1.165, 1.54) is 25.7 Å². The molecule has 0 aromatic rings. The molecule has 0 radical (unpaired) electrons. The quantitative estimate of drug-likeness (QED) is 0.701. The maximum absolute atomic E-state index is 11.2. The molecule has 100 valence electrons. The average Bonchev–Trinajstić information content (AvgIpc) is 2.59. The van der Waals surface area contributed by atoms with Crippen LogP contribution in [-0.2, 0) is 0 Å². The number of aliphatic hydroxyl groups is 1. The summed E-state index contributed by atoms with van der Waals surface area (Å²) in [4.78, 5) is 0. The first-order valence-corrected chi connectivity index (χ1v) is 7.57. The second kappa shape index (κ2) is 4.51. The van der Waals surface area contributed by atoms with E-state index in [2.05, 4.69) is 11.4 Å². The minimum atomic E-state index is -0.733. The SMILES string of the molecule is N#CC1(C2(O)CC3CCC(C2)N3)CCCCCC1. The molecule has 2 atom stereocenters. The van der Waals surface area contributed by atoms with Gasteiger partial charge in [-0.2, -0.15) is 5.26 Å². The van der Waals surface area contributed by atoms with Crippen LogP contribution in [0, 0.1) is 16.7 Å². The maximum Gasteiger partial charge on any atom is 0.0862 e. The second-order valence-corrected chi connectivity index (χ2v) is 6.69. The van der Waals surface area contributed by atoms with Crippen LogP contribution in [0.5, 0.6) is 0 Å². The predicted octanol–water partition coefficient (Wildman–Crippen LogP) is 2.50. The molecule has 1 aliphatic carbocycles. The van der Waals surface area contributed by atoms with Gasteiger partial charge in [-0.05, 0) is 38.5 Å². The molecule has 3 rings (SSSR count). The van der Waals surface area contributed by atoms with Gasteiger partial charge in [-0.15, -0.1) is 0 Å². The van der Waals surface area contributed by atoms with Crippen LogP contribution in [0.25, 0.3) is 0 Å². The van der Waals surface area contributed by atoms with Gasteiger partial charge in [-0.1, -0.05) is 25.7 Å². The van der Waals surface area contributed by atoms with Crippen molar-refractivity contribution in [2.45, 2.75) is 81.9 Å². The fourth-order valence-corrected chi connectivity index (χ4v) is 4.53. The minimum absolute atomic E-state index is 0.447. The smallest absolute Gasteiger partial charge is 0.0862 e. The van der Waals surface area contributed by atoms with E-state index >= 15 is 0 Å². The summed E-state index contributed by atoms with van der Waals surface area (Å²) in [6.07, 6.45) is 10.4. The summed E-state index contributed by atoms with van der Waals surface area (Å²) in [7, 11) is 0. The highest BCUT2D eigenvalue weighted by atomic mass is 16.3. The van der Waals surface area contributed by atoms with Gasteiger partial charge in [0.05, 0.1) is 17.1 Å². The highest BCUT2D eigenvalue weighted by molar-refractivity contribution is 5.16. The molecule has 0 aromatic carbocycles. The van der Waals surface area contributed by atoms with E-state index in [9.17, 15) is 10.4 Å². The number of fused-ring (bicyclic) bond motifs is 2. The Hall–Kier alpha value is -0.590. The molecule has 2 N–H and O–H groups in total. The molecule has 3 aliphatic rings. The molecule has 18 heavy (non-hydrogen) atoms. The lowest BCUT2D eigenvalue weighted by Crippen LogP contribution is -2.57. The van der Waals surface area contributed by atoms with Crippen LogP contribution in [0.1, 0.15) is 64.2 Å². The van der Waals surface area contributed by atoms with Gasteiger partial charge in [0, 0.05) is 12.1 Å². The molecule has 2 heterocycles. The Morgan fingerprint density at radius 3 is 2.06 bits per heavy atom. The summed E-state index contributed by atoms with van der Waals surface area (Å²) in [6, 6.07) is 3.45. The van der Waals surface area contributed by atoms with Crippen molar-refractivity contribution in [1.82, 2.24) is 5.32 Å². The Labute approximate surface area is 110 Å². The van der Waals surface area contributed by atoms with Crippen LogP contribution in [-0.4, -0.2) is 22.8 Å². The zero-order valence-electron chi connectivity index (χ0n) is 11.1. The number of hydrogen-bond acceptors (Lipinski definition) is 3. The first-order chi connectivity index (χ1) is 8.67. The zero-order valence-corrected chi connectivity index (χ0v) is 11.1. The Morgan fingerprint density at radius 2 is 1.56 bits per heavy atom. The van der Waals surface area contributed by atoms with Crippen molar-refractivity contribution in [3.8, 4) is 6.07 Å². The van der Waals surface area contributed by atoms with Crippen molar-refractivity contribution < 1.29 is 5.11 Å². The van der Waals surface area contributed by atoms with Gasteiger partial charge in [0.1, 0.15) is 0 Å². The number of rotatable bonds is 1. The Morgan fingerprint density at radius 1 is 1.00 bits per heavy atom. The molecule has 0 amide bonds. The van der Waals surface area contributed by atoms with E-state index in [0.717, 1.165) is 38.5 Å². The van der Waals surface area contributed by atoms with E-state index in [-0.39, 0.29) is 0 Å². The first kappa shape index (κ1) is 12.4. The molecular weight excluding hydrogens is 224 g/mol. The van der Waals surface area contributed by atoms with Crippen molar-refractivity contribution in [1.29, 1.82) is 5.26 Å². The van der Waals surface area contributed by atoms with Gasteiger partial charge in [0.2, 0.25) is 0 Å². The van der Waals surface area contributed by atoms with E-state index in [1.54, 1.807) is 0 Å². The number of hydrogen-bond donors (Lipinski definition) is 2. The van der Waals surface area contributed by atoms with Crippen LogP contribution >= 0.6 is 0 Å². The number of piperidine rings is 1. The molecule has 3 nitrogen and oxygen atoms in total. The average molecular weight is 248 g/mol. The van der Waals surface area contributed by atoms with Gasteiger partial charge in [-0.3, -0.25) is 0 Å². The zero-order chi connectivity index (χ0) is 12.6. The molecule has 2 unspecified atom stereocenters. The number of nitriles is 1. The van der Waals surface area contributed by atoms with E-state index < -0.39 is 11.0 Å². The Kier molecular flexibility index (Phi) is 3.11. The lowest BCUT2D eigenvalue weighted by molar-refractivity contribution is -0.0958.